The van der Waals surface area contributed by atoms with Gasteiger partial charge >= 0.3 is 5.97 Å². The van der Waals surface area contributed by atoms with Crippen LogP contribution in [0.4, 0.5) is 0 Å². The van der Waals surface area contributed by atoms with Crippen molar-refractivity contribution in [1.29, 1.82) is 0 Å². The zero-order valence-electron chi connectivity index (χ0n) is 18.8. The Kier molecular flexibility index (Phi) is 5.63. The number of Topliss-reactive ketones (excluding diaryl/α,β-unsaturated/α-hetero) is 1. The normalized spacial score (nSPS) is 41.5. The highest BCUT2D eigenvalue weighted by Gasteiger charge is 2.63. The molecule has 4 rings (SSSR count). The number of allylic oxidation sites excluding steroid dienone is 1. The summed E-state index contributed by atoms with van der Waals surface area (Å²) in [4.78, 5) is 48.0. The Hall–Kier alpha value is -1.98. The molecule has 0 aromatic carbocycles. The van der Waals surface area contributed by atoms with Gasteiger partial charge in [0.1, 0.15) is 11.9 Å². The van der Waals surface area contributed by atoms with E-state index in [0.717, 1.165) is 32.1 Å². The van der Waals surface area contributed by atoms with Crippen LogP contribution in [0.5, 0.6) is 0 Å². The average molecular weight is 430 g/mol. The molecule has 7 atom stereocenters. The van der Waals surface area contributed by atoms with E-state index in [2.05, 4.69) is 13.8 Å². The summed E-state index contributed by atoms with van der Waals surface area (Å²) in [5.41, 5.74) is 0.755. The molecule has 0 radical (unpaired) electrons. The van der Waals surface area contributed by atoms with Crippen molar-refractivity contribution in [3.05, 3.63) is 11.6 Å². The smallest absolute Gasteiger partial charge is 0.306 e. The number of carboxylic acid groups (broad SMARTS) is 1. The van der Waals surface area contributed by atoms with Gasteiger partial charge in [-0.05, 0) is 80.6 Å². The van der Waals surface area contributed by atoms with Crippen molar-refractivity contribution in [2.75, 3.05) is 0 Å². The van der Waals surface area contributed by atoms with Crippen LogP contribution in [0.25, 0.3) is 0 Å². The summed E-state index contributed by atoms with van der Waals surface area (Å²) in [5, 5.41) is 10.8. The van der Waals surface area contributed by atoms with Crippen LogP contribution in [-0.2, 0) is 23.9 Å². The first-order valence-corrected chi connectivity index (χ1v) is 11.7. The quantitative estimate of drug-likeness (QED) is 0.623. The zero-order valence-corrected chi connectivity index (χ0v) is 18.8. The van der Waals surface area contributed by atoms with Crippen LogP contribution >= 0.6 is 0 Å². The number of esters is 1. The number of aliphatic carboxylic acids is 1. The van der Waals surface area contributed by atoms with Crippen LogP contribution < -0.4 is 5.11 Å². The second kappa shape index (κ2) is 7.86. The van der Waals surface area contributed by atoms with Gasteiger partial charge in [-0.25, -0.2) is 0 Å². The Bertz CT molecular complexity index is 843. The van der Waals surface area contributed by atoms with Gasteiger partial charge in [0.05, 0.1) is 6.42 Å². The molecule has 0 unspecified atom stereocenters. The molecule has 0 aromatic rings. The Balaban J connectivity index is 1.70. The lowest BCUT2D eigenvalue weighted by atomic mass is 9.46. The summed E-state index contributed by atoms with van der Waals surface area (Å²) in [7, 11) is 0. The minimum atomic E-state index is -1.27. The fourth-order valence-corrected chi connectivity index (χ4v) is 7.86. The summed E-state index contributed by atoms with van der Waals surface area (Å²) in [6.07, 6.45) is 6.48. The number of ketones is 2. The van der Waals surface area contributed by atoms with Gasteiger partial charge in [-0.3, -0.25) is 14.4 Å². The summed E-state index contributed by atoms with van der Waals surface area (Å²) in [6.45, 7) is 6.07. The highest BCUT2D eigenvalue weighted by molar-refractivity contribution is 5.91. The minimum Gasteiger partial charge on any atom is -0.550 e. The maximum Gasteiger partial charge on any atom is 0.306 e. The molecule has 0 bridgehead atoms. The fourth-order valence-electron chi connectivity index (χ4n) is 7.86. The van der Waals surface area contributed by atoms with Crippen molar-refractivity contribution in [2.24, 2.45) is 34.5 Å². The molecule has 0 heterocycles. The van der Waals surface area contributed by atoms with Crippen molar-refractivity contribution in [2.45, 2.75) is 84.7 Å². The van der Waals surface area contributed by atoms with Gasteiger partial charge in [-0.1, -0.05) is 19.4 Å². The third-order valence-electron chi connectivity index (χ3n) is 9.18. The van der Waals surface area contributed by atoms with Crippen LogP contribution in [0.2, 0.25) is 0 Å². The van der Waals surface area contributed by atoms with Gasteiger partial charge in [-0.2, -0.15) is 0 Å². The fraction of sp³-hybridized carbons (Fsp3) is 0.760. The third kappa shape index (κ3) is 3.66. The summed E-state index contributed by atoms with van der Waals surface area (Å²) < 4.78 is 6.00. The molecule has 0 aliphatic heterocycles. The first kappa shape index (κ1) is 22.2. The van der Waals surface area contributed by atoms with Gasteiger partial charge in [0.2, 0.25) is 0 Å². The number of fused-ring (bicyclic) bond motifs is 5. The topological polar surface area (TPSA) is 101 Å². The molecular weight excluding hydrogens is 396 g/mol. The van der Waals surface area contributed by atoms with Gasteiger partial charge in [0.15, 0.2) is 5.78 Å². The van der Waals surface area contributed by atoms with E-state index in [1.54, 1.807) is 6.92 Å². The van der Waals surface area contributed by atoms with Crippen molar-refractivity contribution in [1.82, 2.24) is 0 Å². The van der Waals surface area contributed by atoms with E-state index >= 15 is 0 Å². The maximum absolute atomic E-state index is 12.6. The average Bonchev–Trinajstić information content (AvgIpc) is 3.03. The van der Waals surface area contributed by atoms with Gasteiger partial charge in [0.25, 0.3) is 0 Å². The summed E-state index contributed by atoms with van der Waals surface area (Å²) in [6, 6.07) is 0. The van der Waals surface area contributed by atoms with E-state index in [0.29, 0.717) is 24.7 Å². The molecular formula is C25H33O6-. The van der Waals surface area contributed by atoms with Gasteiger partial charge in [0, 0.05) is 24.2 Å². The number of rotatable bonds is 5. The molecule has 170 valence electrons. The first-order valence-electron chi connectivity index (χ1n) is 11.7. The minimum absolute atomic E-state index is 0.0273. The van der Waals surface area contributed by atoms with Crippen molar-refractivity contribution in [3.63, 3.8) is 0 Å². The number of carbonyl (C=O) groups is 4. The molecule has 4 aliphatic rings. The predicted octanol–water partition coefficient (Wildman–Crippen LogP) is 2.78. The molecule has 0 amide bonds. The van der Waals surface area contributed by atoms with Crippen LogP contribution in [0, 0.1) is 34.5 Å². The maximum atomic E-state index is 12.6. The van der Waals surface area contributed by atoms with E-state index in [1.165, 1.54) is 5.57 Å². The third-order valence-corrected chi connectivity index (χ3v) is 9.18. The Labute approximate surface area is 183 Å². The van der Waals surface area contributed by atoms with Crippen molar-refractivity contribution >= 4 is 23.5 Å². The number of ether oxygens (including phenoxy) is 1. The number of hydrogen-bond acceptors (Lipinski definition) is 6. The number of carboxylic acids is 1. The van der Waals surface area contributed by atoms with Crippen molar-refractivity contribution < 1.29 is 29.0 Å². The van der Waals surface area contributed by atoms with Crippen LogP contribution in [0.15, 0.2) is 11.6 Å². The standard InChI is InChI=1S/C25H34O6/c1-14(26)18-6-7-19-17-5-4-15-12-16(27)10-11-24(15,2)23(17)20(13-25(18,19)3)31-22(30)9-8-21(28)29/h12,17-20,23H,4-11,13H2,1-3H3,(H,28,29)/p-1/t17-,18+,19+,20-,23+,24+,25-/m1/s1. The highest BCUT2D eigenvalue weighted by atomic mass is 16.5. The van der Waals surface area contributed by atoms with E-state index in [-0.39, 0.29) is 53.2 Å². The molecule has 6 heteroatoms. The van der Waals surface area contributed by atoms with Crippen LogP contribution in [-0.4, -0.2) is 29.6 Å². The lowest BCUT2D eigenvalue weighted by Crippen LogP contribution is -2.58. The Morgan fingerprint density at radius 2 is 1.87 bits per heavy atom. The highest BCUT2D eigenvalue weighted by Crippen LogP contribution is 2.67. The van der Waals surface area contributed by atoms with E-state index in [9.17, 15) is 24.3 Å². The van der Waals surface area contributed by atoms with Gasteiger partial charge in [-0.15, -0.1) is 0 Å². The second-order valence-corrected chi connectivity index (χ2v) is 10.7. The number of carbonyl (C=O) groups excluding carboxylic acids is 4. The largest absolute Gasteiger partial charge is 0.550 e. The molecule has 3 saturated carbocycles. The SMILES string of the molecule is CC(=O)[C@@H]1CC[C@H]2[C@H]3CCC4=CC(=O)CC[C@]4(C)[C@@H]3[C@H](OC(=O)CCC(=O)[O-])C[C@]12C. The summed E-state index contributed by atoms with van der Waals surface area (Å²) >= 11 is 0. The Morgan fingerprint density at radius 3 is 2.55 bits per heavy atom. The molecule has 4 aliphatic carbocycles. The zero-order chi connectivity index (χ0) is 22.6. The molecule has 0 spiro atoms. The molecule has 0 aromatic heterocycles. The molecule has 0 saturated heterocycles. The summed E-state index contributed by atoms with van der Waals surface area (Å²) in [5.74, 6) is -0.602. The van der Waals surface area contributed by atoms with E-state index < -0.39 is 11.9 Å². The Morgan fingerprint density at radius 1 is 1.13 bits per heavy atom. The predicted molar refractivity (Wildman–Crippen MR) is 110 cm³/mol. The molecule has 3 fully saturated rings. The van der Waals surface area contributed by atoms with E-state index in [4.69, 9.17) is 4.74 Å². The lowest BCUT2D eigenvalue weighted by molar-refractivity contribution is -0.305. The molecule has 6 nitrogen and oxygen atoms in total. The van der Waals surface area contributed by atoms with E-state index in [1.807, 2.05) is 6.08 Å². The second-order valence-electron chi connectivity index (χ2n) is 10.7. The van der Waals surface area contributed by atoms with Crippen LogP contribution in [0.1, 0.15) is 78.6 Å². The van der Waals surface area contributed by atoms with Gasteiger partial charge < -0.3 is 14.6 Å². The monoisotopic (exact) mass is 429 g/mol. The molecule has 31 heavy (non-hydrogen) atoms. The first-order chi connectivity index (χ1) is 14.6. The van der Waals surface area contributed by atoms with Crippen molar-refractivity contribution in [3.8, 4) is 0 Å². The van der Waals surface area contributed by atoms with Crippen LogP contribution in [0.3, 0.4) is 0 Å². The number of hydrogen-bond donors (Lipinski definition) is 0. The molecule has 0 N–H and O–H groups in total. The lowest BCUT2D eigenvalue weighted by Gasteiger charge is -2.60.